The van der Waals surface area contributed by atoms with E-state index in [2.05, 4.69) is 10.3 Å². The smallest absolute Gasteiger partial charge is 0.313 e. The summed E-state index contributed by atoms with van der Waals surface area (Å²) in [6.07, 6.45) is 1.24. The number of aromatic nitrogens is 1. The predicted octanol–water partition coefficient (Wildman–Crippen LogP) is 3.41. The molecule has 0 saturated carbocycles. The maximum Gasteiger partial charge on any atom is 0.313 e. The molecule has 6 nitrogen and oxygen atoms in total. The number of amides is 1. The number of benzene rings is 1. The predicted molar refractivity (Wildman–Crippen MR) is 85.6 cm³/mol. The van der Waals surface area contributed by atoms with Crippen LogP contribution < -0.4 is 5.32 Å². The number of carboxylic acids is 1. The third-order valence-corrected chi connectivity index (χ3v) is 3.71. The summed E-state index contributed by atoms with van der Waals surface area (Å²) in [5.74, 6) is -0.757. The van der Waals surface area contributed by atoms with Crippen LogP contribution in [0.2, 0.25) is 0 Å². The van der Waals surface area contributed by atoms with Crippen LogP contribution in [0.5, 0.6) is 0 Å². The van der Waals surface area contributed by atoms with Crippen LogP contribution in [-0.4, -0.2) is 22.0 Å². The number of nitrogens with zero attached hydrogens (tertiary/aromatic N) is 1. The summed E-state index contributed by atoms with van der Waals surface area (Å²) in [5.41, 5.74) is 0.312. The summed E-state index contributed by atoms with van der Waals surface area (Å²) in [5, 5.41) is 12.0. The topological polar surface area (TPSA) is 92.4 Å². The van der Waals surface area contributed by atoms with Gasteiger partial charge < -0.3 is 14.8 Å². The molecule has 0 unspecified atom stereocenters. The van der Waals surface area contributed by atoms with Crippen molar-refractivity contribution in [1.29, 1.82) is 0 Å². The molecule has 23 heavy (non-hydrogen) atoms. The van der Waals surface area contributed by atoms with Gasteiger partial charge in [0.05, 0.1) is 5.41 Å². The number of nitrogens with one attached hydrogen (secondary N) is 1. The van der Waals surface area contributed by atoms with Gasteiger partial charge in [0.2, 0.25) is 0 Å². The Bertz CT molecular complexity index is 732. The molecule has 1 heterocycles. The van der Waals surface area contributed by atoms with Crippen LogP contribution in [-0.2, 0) is 10.2 Å². The van der Waals surface area contributed by atoms with Crippen LogP contribution >= 0.6 is 0 Å². The van der Waals surface area contributed by atoms with E-state index in [-0.39, 0.29) is 17.5 Å². The highest BCUT2D eigenvalue weighted by Gasteiger charge is 2.29. The lowest BCUT2D eigenvalue weighted by Crippen LogP contribution is -2.28. The van der Waals surface area contributed by atoms with E-state index < -0.39 is 11.4 Å². The first-order chi connectivity index (χ1) is 10.7. The molecule has 1 aromatic carbocycles. The van der Waals surface area contributed by atoms with E-state index in [4.69, 9.17) is 4.42 Å². The average Bonchev–Trinajstić information content (AvgIpc) is 2.97. The van der Waals surface area contributed by atoms with Crippen molar-refractivity contribution in [1.82, 2.24) is 4.98 Å². The van der Waals surface area contributed by atoms with Crippen molar-refractivity contribution in [2.45, 2.75) is 39.0 Å². The highest BCUT2D eigenvalue weighted by atomic mass is 16.4. The van der Waals surface area contributed by atoms with Gasteiger partial charge in [-0.3, -0.25) is 9.59 Å². The minimum absolute atomic E-state index is 0.0375. The second-order valence-electron chi connectivity index (χ2n) is 6.18. The zero-order valence-corrected chi connectivity index (χ0v) is 13.6. The fraction of sp³-hybridized carbons (Fsp3) is 0.353. The Hall–Kier alpha value is -2.63. The van der Waals surface area contributed by atoms with E-state index in [1.54, 1.807) is 38.1 Å². The van der Waals surface area contributed by atoms with Crippen LogP contribution in [0.4, 0.5) is 5.69 Å². The molecule has 0 atom stereocenters. The van der Waals surface area contributed by atoms with Gasteiger partial charge >= 0.3 is 5.97 Å². The first kappa shape index (κ1) is 16.7. The van der Waals surface area contributed by atoms with Crippen molar-refractivity contribution in [2.24, 2.45) is 0 Å². The number of aliphatic carboxylic acids is 1. The maximum absolute atomic E-state index is 12.3. The lowest BCUT2D eigenvalue weighted by atomic mass is 9.84. The molecule has 0 radical (unpaired) electrons. The molecule has 2 N–H and O–H groups in total. The quantitative estimate of drug-likeness (QED) is 0.881. The minimum Gasteiger partial charge on any atom is -0.481 e. The molecule has 0 aliphatic carbocycles. The molecule has 0 saturated heterocycles. The van der Waals surface area contributed by atoms with Gasteiger partial charge in [0.15, 0.2) is 12.1 Å². The third-order valence-electron chi connectivity index (χ3n) is 3.71. The molecular weight excluding hydrogens is 296 g/mol. The summed E-state index contributed by atoms with van der Waals surface area (Å²) in [6, 6.07) is 6.79. The van der Waals surface area contributed by atoms with E-state index >= 15 is 0 Å². The minimum atomic E-state index is -1.04. The Morgan fingerprint density at radius 2 is 2.00 bits per heavy atom. The van der Waals surface area contributed by atoms with Crippen molar-refractivity contribution in [3.63, 3.8) is 0 Å². The number of carbonyl (C=O) groups excluding carboxylic acids is 1. The fourth-order valence-electron chi connectivity index (χ4n) is 2.13. The third kappa shape index (κ3) is 3.41. The number of hydrogen-bond donors (Lipinski definition) is 2. The van der Waals surface area contributed by atoms with Gasteiger partial charge in [-0.15, -0.1) is 0 Å². The summed E-state index contributed by atoms with van der Waals surface area (Å²) < 4.78 is 5.24. The van der Waals surface area contributed by atoms with Gasteiger partial charge in [-0.2, -0.15) is 0 Å². The van der Waals surface area contributed by atoms with Gasteiger partial charge in [-0.1, -0.05) is 26.0 Å². The Labute approximate surface area is 134 Å². The zero-order valence-electron chi connectivity index (χ0n) is 13.6. The van der Waals surface area contributed by atoms with E-state index in [1.807, 2.05) is 13.8 Å². The first-order valence-electron chi connectivity index (χ1n) is 7.32. The zero-order chi connectivity index (χ0) is 17.2. The van der Waals surface area contributed by atoms with Crippen molar-refractivity contribution in [3.8, 4) is 0 Å². The summed E-state index contributed by atoms with van der Waals surface area (Å²) in [6.45, 7) is 7.05. The van der Waals surface area contributed by atoms with Crippen LogP contribution in [0.15, 0.2) is 35.1 Å². The van der Waals surface area contributed by atoms with Crippen LogP contribution in [0, 0.1) is 0 Å². The second kappa shape index (κ2) is 6.24. The maximum atomic E-state index is 12.3. The molecule has 2 rings (SSSR count). The fourth-order valence-corrected chi connectivity index (χ4v) is 2.13. The number of hydrogen-bond acceptors (Lipinski definition) is 4. The lowest BCUT2D eigenvalue weighted by molar-refractivity contribution is -0.142. The van der Waals surface area contributed by atoms with E-state index in [1.165, 1.54) is 6.39 Å². The first-order valence-corrected chi connectivity index (χ1v) is 7.32. The molecule has 1 amide bonds. The highest BCUT2D eigenvalue weighted by molar-refractivity contribution is 6.03. The van der Waals surface area contributed by atoms with Gasteiger partial charge in [-0.25, -0.2) is 4.98 Å². The molecule has 0 bridgehead atoms. The standard InChI is InChI=1S/C17H20N2O4/c1-10(2)14-13(18-9-23-14)15(20)19-12-7-5-6-11(8-12)17(3,4)16(21)22/h5-10H,1-4H3,(H,19,20)(H,21,22). The Balaban J connectivity index is 2.26. The van der Waals surface area contributed by atoms with E-state index in [0.29, 0.717) is 17.0 Å². The van der Waals surface area contributed by atoms with Crippen LogP contribution in [0.3, 0.4) is 0 Å². The Kier molecular flexibility index (Phi) is 4.54. The molecular formula is C17H20N2O4. The van der Waals surface area contributed by atoms with Crippen molar-refractivity contribution >= 4 is 17.6 Å². The van der Waals surface area contributed by atoms with Crippen molar-refractivity contribution in [3.05, 3.63) is 47.7 Å². The van der Waals surface area contributed by atoms with Gasteiger partial charge in [-0.05, 0) is 31.5 Å². The normalized spacial score (nSPS) is 11.5. The molecule has 0 aliphatic rings. The van der Waals surface area contributed by atoms with E-state index in [0.717, 1.165) is 0 Å². The number of carboxylic acid groups (broad SMARTS) is 1. The van der Waals surface area contributed by atoms with Crippen LogP contribution in [0.25, 0.3) is 0 Å². The van der Waals surface area contributed by atoms with Gasteiger partial charge in [0, 0.05) is 11.6 Å². The summed E-state index contributed by atoms with van der Waals surface area (Å²) in [4.78, 5) is 27.7. The molecule has 2 aromatic rings. The Morgan fingerprint density at radius 1 is 1.30 bits per heavy atom. The highest BCUT2D eigenvalue weighted by Crippen LogP contribution is 2.26. The Morgan fingerprint density at radius 3 is 2.61 bits per heavy atom. The molecule has 6 heteroatoms. The van der Waals surface area contributed by atoms with Gasteiger partial charge in [0.1, 0.15) is 5.76 Å². The van der Waals surface area contributed by atoms with E-state index in [9.17, 15) is 14.7 Å². The summed E-state index contributed by atoms with van der Waals surface area (Å²) >= 11 is 0. The largest absolute Gasteiger partial charge is 0.481 e. The number of carbonyl (C=O) groups is 2. The monoisotopic (exact) mass is 316 g/mol. The lowest BCUT2D eigenvalue weighted by Gasteiger charge is -2.20. The average molecular weight is 316 g/mol. The summed E-state index contributed by atoms with van der Waals surface area (Å²) in [7, 11) is 0. The van der Waals surface area contributed by atoms with Crippen LogP contribution in [0.1, 0.15) is 55.4 Å². The second-order valence-corrected chi connectivity index (χ2v) is 6.18. The SMILES string of the molecule is CC(C)c1ocnc1C(=O)Nc1cccc(C(C)(C)C(=O)O)c1. The molecule has 1 aromatic heterocycles. The van der Waals surface area contributed by atoms with Crippen molar-refractivity contribution in [2.75, 3.05) is 5.32 Å². The van der Waals surface area contributed by atoms with Gasteiger partial charge in [0.25, 0.3) is 5.91 Å². The van der Waals surface area contributed by atoms with Crippen molar-refractivity contribution < 1.29 is 19.1 Å². The number of anilines is 1. The number of oxazole rings is 1. The number of rotatable bonds is 5. The molecule has 0 fully saturated rings. The molecule has 122 valence electrons. The molecule has 0 spiro atoms. The molecule has 0 aliphatic heterocycles.